The van der Waals surface area contributed by atoms with Gasteiger partial charge in [-0.1, -0.05) is 55.8 Å². The fourth-order valence-corrected chi connectivity index (χ4v) is 2.42. The maximum Gasteiger partial charge on any atom is 0.292 e. The zero-order valence-corrected chi connectivity index (χ0v) is 12.7. The van der Waals surface area contributed by atoms with Gasteiger partial charge in [0.2, 0.25) is 0 Å². The van der Waals surface area contributed by atoms with E-state index in [9.17, 15) is 10.1 Å². The Morgan fingerprint density at radius 3 is 2.38 bits per heavy atom. The molecule has 21 heavy (non-hydrogen) atoms. The first-order valence-electron chi connectivity index (χ1n) is 6.74. The molecule has 0 amide bonds. The molecule has 1 atom stereocenters. The van der Waals surface area contributed by atoms with Crippen LogP contribution in [-0.4, -0.2) is 4.92 Å². The molecule has 0 aliphatic heterocycles. The van der Waals surface area contributed by atoms with Crippen molar-refractivity contribution in [1.82, 2.24) is 0 Å². The predicted molar refractivity (Wildman–Crippen MR) is 85.8 cm³/mol. The lowest BCUT2D eigenvalue weighted by atomic mass is 9.95. The number of benzene rings is 2. The third kappa shape index (κ3) is 3.73. The van der Waals surface area contributed by atoms with Crippen LogP contribution in [-0.2, 0) is 0 Å². The molecule has 2 aromatic rings. The van der Waals surface area contributed by atoms with Gasteiger partial charge < -0.3 is 5.32 Å². The summed E-state index contributed by atoms with van der Waals surface area (Å²) in [6, 6.07) is 14.4. The molecule has 5 heteroatoms. The number of nitro benzene ring substituents is 1. The van der Waals surface area contributed by atoms with Gasteiger partial charge in [0.25, 0.3) is 5.69 Å². The third-order valence-corrected chi connectivity index (χ3v) is 3.53. The molecular weight excluding hydrogens is 288 g/mol. The van der Waals surface area contributed by atoms with Gasteiger partial charge in [0.15, 0.2) is 0 Å². The lowest BCUT2D eigenvalue weighted by Crippen LogP contribution is -2.17. The van der Waals surface area contributed by atoms with Gasteiger partial charge >= 0.3 is 0 Å². The summed E-state index contributed by atoms with van der Waals surface area (Å²) < 4.78 is 0. The number of nitrogens with one attached hydrogen (secondary N) is 1. The zero-order valence-electron chi connectivity index (χ0n) is 11.9. The molecule has 110 valence electrons. The van der Waals surface area contributed by atoms with E-state index in [-0.39, 0.29) is 17.6 Å². The third-order valence-electron chi connectivity index (χ3n) is 3.29. The van der Waals surface area contributed by atoms with E-state index in [1.165, 1.54) is 12.1 Å². The van der Waals surface area contributed by atoms with Crippen LogP contribution in [0.2, 0.25) is 5.02 Å². The number of nitro groups is 1. The highest BCUT2D eigenvalue weighted by atomic mass is 35.5. The Kier molecular flexibility index (Phi) is 4.81. The van der Waals surface area contributed by atoms with Crippen LogP contribution in [0.25, 0.3) is 0 Å². The van der Waals surface area contributed by atoms with Crippen molar-refractivity contribution in [2.75, 3.05) is 5.32 Å². The predicted octanol–water partition coefficient (Wildman–Crippen LogP) is 5.06. The first kappa shape index (κ1) is 15.3. The van der Waals surface area contributed by atoms with Crippen LogP contribution >= 0.6 is 11.6 Å². The Morgan fingerprint density at radius 2 is 1.81 bits per heavy atom. The van der Waals surface area contributed by atoms with Gasteiger partial charge in [0.1, 0.15) is 5.69 Å². The minimum Gasteiger partial charge on any atom is -0.372 e. The molecule has 0 aromatic heterocycles. The van der Waals surface area contributed by atoms with E-state index in [0.29, 0.717) is 10.7 Å². The number of nitrogens with zero attached hydrogens (tertiary/aromatic N) is 1. The Morgan fingerprint density at radius 1 is 1.14 bits per heavy atom. The van der Waals surface area contributed by atoms with Crippen molar-refractivity contribution < 1.29 is 4.92 Å². The summed E-state index contributed by atoms with van der Waals surface area (Å²) in [4.78, 5) is 10.7. The second-order valence-corrected chi connectivity index (χ2v) is 5.63. The monoisotopic (exact) mass is 304 g/mol. The van der Waals surface area contributed by atoms with Crippen molar-refractivity contribution in [1.29, 1.82) is 0 Å². The fraction of sp³-hybridized carbons (Fsp3) is 0.250. The van der Waals surface area contributed by atoms with Gasteiger partial charge in [0, 0.05) is 11.1 Å². The summed E-state index contributed by atoms with van der Waals surface area (Å²) in [5.74, 6) is 0.269. The average Bonchev–Trinajstić information content (AvgIpc) is 2.45. The van der Waals surface area contributed by atoms with Crippen molar-refractivity contribution in [2.45, 2.75) is 19.9 Å². The molecule has 0 spiro atoms. The first-order chi connectivity index (χ1) is 9.99. The fourth-order valence-electron chi connectivity index (χ4n) is 2.25. The smallest absolute Gasteiger partial charge is 0.292 e. The molecule has 4 nitrogen and oxygen atoms in total. The van der Waals surface area contributed by atoms with Gasteiger partial charge in [0.05, 0.1) is 11.0 Å². The van der Waals surface area contributed by atoms with E-state index in [1.807, 2.05) is 30.3 Å². The summed E-state index contributed by atoms with van der Waals surface area (Å²) in [6.07, 6.45) is 0. The van der Waals surface area contributed by atoms with E-state index < -0.39 is 4.92 Å². The lowest BCUT2D eigenvalue weighted by Gasteiger charge is -2.24. The number of halogens is 1. The summed E-state index contributed by atoms with van der Waals surface area (Å²) in [6.45, 7) is 4.14. The minimum absolute atomic E-state index is 0.0247. The van der Waals surface area contributed by atoms with Crippen molar-refractivity contribution in [3.63, 3.8) is 0 Å². The Bertz CT molecular complexity index is 629. The normalized spacial score (nSPS) is 12.2. The lowest BCUT2D eigenvalue weighted by molar-refractivity contribution is -0.384. The molecular formula is C16H17ClN2O2. The van der Waals surface area contributed by atoms with Gasteiger partial charge in [-0.2, -0.15) is 0 Å². The van der Waals surface area contributed by atoms with Gasteiger partial charge in [-0.3, -0.25) is 10.1 Å². The van der Waals surface area contributed by atoms with Gasteiger partial charge in [-0.15, -0.1) is 0 Å². The minimum atomic E-state index is -0.402. The highest BCUT2D eigenvalue weighted by molar-refractivity contribution is 6.31. The second-order valence-electron chi connectivity index (χ2n) is 5.20. The number of hydrogen-bond acceptors (Lipinski definition) is 3. The van der Waals surface area contributed by atoms with Crippen LogP contribution < -0.4 is 5.32 Å². The molecule has 0 aliphatic rings. The average molecular weight is 305 g/mol. The Labute approximate surface area is 128 Å². The molecule has 0 aliphatic carbocycles. The Hall–Kier alpha value is -2.07. The largest absolute Gasteiger partial charge is 0.372 e. The molecule has 2 aromatic carbocycles. The van der Waals surface area contributed by atoms with E-state index in [0.717, 1.165) is 5.56 Å². The van der Waals surface area contributed by atoms with Crippen LogP contribution in [0.3, 0.4) is 0 Å². The van der Waals surface area contributed by atoms with E-state index in [1.54, 1.807) is 6.07 Å². The van der Waals surface area contributed by atoms with Crippen molar-refractivity contribution in [3.05, 3.63) is 69.2 Å². The Balaban J connectivity index is 2.38. The molecule has 2 rings (SSSR count). The molecule has 0 bridgehead atoms. The molecule has 0 saturated carbocycles. The molecule has 1 unspecified atom stereocenters. The molecule has 0 saturated heterocycles. The molecule has 0 heterocycles. The highest BCUT2D eigenvalue weighted by Crippen LogP contribution is 2.33. The SMILES string of the molecule is CC(C)C(Nc1cc(Cl)ccc1[N+](=O)[O-])c1ccccc1. The standard InChI is InChI=1S/C16H17ClN2O2/c1-11(2)16(12-6-4-3-5-7-12)18-14-10-13(17)8-9-15(14)19(20)21/h3-11,16,18H,1-2H3. The number of anilines is 1. The number of hydrogen-bond donors (Lipinski definition) is 1. The maximum atomic E-state index is 11.1. The molecule has 0 fully saturated rings. The van der Waals surface area contributed by atoms with Crippen molar-refractivity contribution >= 4 is 23.0 Å². The second kappa shape index (κ2) is 6.59. The molecule has 1 N–H and O–H groups in total. The van der Waals surface area contributed by atoms with E-state index in [2.05, 4.69) is 19.2 Å². The summed E-state index contributed by atoms with van der Waals surface area (Å²) in [7, 11) is 0. The van der Waals surface area contributed by atoms with Crippen LogP contribution in [0.5, 0.6) is 0 Å². The highest BCUT2D eigenvalue weighted by Gasteiger charge is 2.20. The first-order valence-corrected chi connectivity index (χ1v) is 7.12. The number of rotatable bonds is 5. The maximum absolute atomic E-state index is 11.1. The van der Waals surface area contributed by atoms with Crippen molar-refractivity contribution in [2.24, 2.45) is 5.92 Å². The van der Waals surface area contributed by atoms with Crippen LogP contribution in [0.1, 0.15) is 25.5 Å². The van der Waals surface area contributed by atoms with E-state index >= 15 is 0 Å². The summed E-state index contributed by atoms with van der Waals surface area (Å²) >= 11 is 5.97. The van der Waals surface area contributed by atoms with Crippen LogP contribution in [0, 0.1) is 16.0 Å². The van der Waals surface area contributed by atoms with E-state index in [4.69, 9.17) is 11.6 Å². The van der Waals surface area contributed by atoms with Crippen LogP contribution in [0.15, 0.2) is 48.5 Å². The van der Waals surface area contributed by atoms with Gasteiger partial charge in [-0.25, -0.2) is 0 Å². The molecule has 0 radical (unpaired) electrons. The zero-order chi connectivity index (χ0) is 15.4. The van der Waals surface area contributed by atoms with Crippen LogP contribution in [0.4, 0.5) is 11.4 Å². The summed E-state index contributed by atoms with van der Waals surface area (Å²) in [5, 5.41) is 14.9. The van der Waals surface area contributed by atoms with Crippen molar-refractivity contribution in [3.8, 4) is 0 Å². The summed E-state index contributed by atoms with van der Waals surface area (Å²) in [5.41, 5.74) is 1.55. The quantitative estimate of drug-likeness (QED) is 0.620. The van der Waals surface area contributed by atoms with Gasteiger partial charge in [-0.05, 0) is 23.6 Å². The topological polar surface area (TPSA) is 55.2 Å².